The Labute approximate surface area is 50.2 Å². The highest BCUT2D eigenvalue weighted by molar-refractivity contribution is 7.45. The van der Waals surface area contributed by atoms with E-state index >= 15 is 0 Å². The molecule has 0 fully saturated rings. The molecule has 0 unspecified atom stereocenters. The van der Waals surface area contributed by atoms with Crippen LogP contribution in [0.5, 0.6) is 0 Å². The van der Waals surface area contributed by atoms with Crippen LogP contribution in [0, 0.1) is 0 Å². The Kier molecular flexibility index (Phi) is 5.66. The molecule has 4 heteroatoms. The van der Waals surface area contributed by atoms with Crippen LogP contribution >= 0.6 is 8.38 Å². The van der Waals surface area contributed by atoms with Crippen molar-refractivity contribution in [2.24, 2.45) is 0 Å². The summed E-state index contributed by atoms with van der Waals surface area (Å²) < 4.78 is 4.68. The smallest absolute Gasteiger partial charge is 0.165 e. The molecule has 0 aliphatic carbocycles. The van der Waals surface area contributed by atoms with Gasteiger partial charge in [-0.15, -0.1) is 0 Å². The Bertz CT molecular complexity index is 48.5. The lowest BCUT2D eigenvalue weighted by Gasteiger charge is -1.98. The molecule has 0 atom stereocenters. The molecular formula is C4H11O3P. The Morgan fingerprint density at radius 2 is 2.12 bits per heavy atom. The maximum atomic E-state index is 8.34. The molecule has 2 N–H and O–H groups in total. The molecule has 0 saturated heterocycles. The standard InChI is InChI=1S/C4H11O3P/c1-7-3-2-4-8(5)6/h5-6H,2-4H2,1H3. The maximum absolute atomic E-state index is 8.34. The second kappa shape index (κ2) is 5.45. The van der Waals surface area contributed by atoms with E-state index in [4.69, 9.17) is 9.79 Å². The zero-order chi connectivity index (χ0) is 6.41. The molecule has 0 aromatic carbocycles. The van der Waals surface area contributed by atoms with Crippen molar-refractivity contribution < 1.29 is 14.5 Å². The lowest BCUT2D eigenvalue weighted by atomic mass is 10.5. The van der Waals surface area contributed by atoms with Crippen molar-refractivity contribution in [2.75, 3.05) is 19.9 Å². The van der Waals surface area contributed by atoms with Crippen LogP contribution in [-0.2, 0) is 4.74 Å². The van der Waals surface area contributed by atoms with Crippen molar-refractivity contribution in [3.63, 3.8) is 0 Å². The van der Waals surface area contributed by atoms with Gasteiger partial charge in [0, 0.05) is 19.9 Å². The van der Waals surface area contributed by atoms with Crippen molar-refractivity contribution in [3.8, 4) is 0 Å². The van der Waals surface area contributed by atoms with Gasteiger partial charge in [0.05, 0.1) is 0 Å². The summed E-state index contributed by atoms with van der Waals surface area (Å²) in [6, 6.07) is 0. The zero-order valence-corrected chi connectivity index (χ0v) is 5.77. The van der Waals surface area contributed by atoms with Gasteiger partial charge < -0.3 is 14.5 Å². The number of methoxy groups -OCH3 is 1. The molecule has 0 amide bonds. The summed E-state index contributed by atoms with van der Waals surface area (Å²) in [6.45, 7) is 0.611. The summed E-state index contributed by atoms with van der Waals surface area (Å²) in [4.78, 5) is 16.7. The number of hydrogen-bond donors (Lipinski definition) is 2. The summed E-state index contributed by atoms with van der Waals surface area (Å²) in [6.07, 6.45) is 1.19. The third-order valence-corrected chi connectivity index (χ3v) is 1.42. The van der Waals surface area contributed by atoms with E-state index in [1.165, 1.54) is 0 Å². The quantitative estimate of drug-likeness (QED) is 0.434. The zero-order valence-electron chi connectivity index (χ0n) is 4.87. The first-order valence-corrected chi connectivity index (χ1v) is 3.85. The molecule has 0 aromatic heterocycles. The maximum Gasteiger partial charge on any atom is 0.165 e. The number of ether oxygens (including phenoxy) is 1. The molecule has 0 aromatic rings. The molecule has 0 rings (SSSR count). The van der Waals surface area contributed by atoms with Crippen molar-refractivity contribution in [2.45, 2.75) is 6.42 Å². The number of rotatable bonds is 4. The fourth-order valence-electron chi connectivity index (χ4n) is 0.350. The van der Waals surface area contributed by atoms with E-state index in [0.29, 0.717) is 12.8 Å². The molecule has 0 saturated carbocycles. The molecular weight excluding hydrogens is 127 g/mol. The molecule has 0 heterocycles. The fraction of sp³-hybridized carbons (Fsp3) is 1.00. The Hall–Kier alpha value is 0.310. The van der Waals surface area contributed by atoms with Gasteiger partial charge in [0.25, 0.3) is 0 Å². The lowest BCUT2D eigenvalue weighted by molar-refractivity contribution is 0.199. The SMILES string of the molecule is COCCCP(O)O. The van der Waals surface area contributed by atoms with Gasteiger partial charge in [0.15, 0.2) is 8.38 Å². The van der Waals surface area contributed by atoms with E-state index in [1.54, 1.807) is 7.11 Å². The highest BCUT2D eigenvalue weighted by Crippen LogP contribution is 2.22. The van der Waals surface area contributed by atoms with Gasteiger partial charge in [-0.3, -0.25) is 0 Å². The van der Waals surface area contributed by atoms with Gasteiger partial charge in [-0.25, -0.2) is 0 Å². The highest BCUT2D eigenvalue weighted by atomic mass is 31.2. The van der Waals surface area contributed by atoms with E-state index in [1.807, 2.05) is 0 Å². The minimum atomic E-state index is -1.69. The van der Waals surface area contributed by atoms with Crippen LogP contribution in [0.2, 0.25) is 0 Å². The normalized spacial score (nSPS) is 10.5. The van der Waals surface area contributed by atoms with Gasteiger partial charge in [-0.2, -0.15) is 0 Å². The third-order valence-electron chi connectivity index (χ3n) is 0.707. The summed E-state index contributed by atoms with van der Waals surface area (Å²) in [5.41, 5.74) is 0. The predicted molar refractivity (Wildman–Crippen MR) is 32.7 cm³/mol. The summed E-state index contributed by atoms with van der Waals surface area (Å²) in [5.74, 6) is 0. The van der Waals surface area contributed by atoms with Gasteiger partial charge in [-0.05, 0) is 6.42 Å². The predicted octanol–water partition coefficient (Wildman–Crippen LogP) is 0.319. The molecule has 50 valence electrons. The molecule has 3 nitrogen and oxygen atoms in total. The molecule has 0 aliphatic heterocycles. The van der Waals surface area contributed by atoms with Crippen LogP contribution in [-0.4, -0.2) is 29.7 Å². The first kappa shape index (κ1) is 8.31. The van der Waals surface area contributed by atoms with Gasteiger partial charge in [-0.1, -0.05) is 0 Å². The van der Waals surface area contributed by atoms with Crippen LogP contribution in [0.15, 0.2) is 0 Å². The molecule has 0 aliphatic rings. The Morgan fingerprint density at radius 1 is 1.50 bits per heavy atom. The van der Waals surface area contributed by atoms with E-state index < -0.39 is 8.38 Å². The van der Waals surface area contributed by atoms with Crippen molar-refractivity contribution in [1.82, 2.24) is 0 Å². The Morgan fingerprint density at radius 3 is 2.50 bits per heavy atom. The van der Waals surface area contributed by atoms with Crippen molar-refractivity contribution >= 4 is 8.38 Å². The van der Waals surface area contributed by atoms with E-state index in [-0.39, 0.29) is 0 Å². The summed E-state index contributed by atoms with van der Waals surface area (Å²) in [5, 5.41) is 0. The lowest BCUT2D eigenvalue weighted by Crippen LogP contribution is -1.91. The van der Waals surface area contributed by atoms with Crippen LogP contribution in [0.1, 0.15) is 6.42 Å². The first-order chi connectivity index (χ1) is 3.77. The van der Waals surface area contributed by atoms with Crippen LogP contribution in [0.3, 0.4) is 0 Å². The summed E-state index contributed by atoms with van der Waals surface area (Å²) >= 11 is 0. The van der Waals surface area contributed by atoms with Crippen LogP contribution in [0.25, 0.3) is 0 Å². The topological polar surface area (TPSA) is 49.7 Å². The van der Waals surface area contributed by atoms with Gasteiger partial charge in [0.1, 0.15) is 0 Å². The van der Waals surface area contributed by atoms with Crippen LogP contribution in [0.4, 0.5) is 0 Å². The van der Waals surface area contributed by atoms with Gasteiger partial charge >= 0.3 is 0 Å². The second-order valence-electron chi connectivity index (χ2n) is 1.44. The monoisotopic (exact) mass is 138 g/mol. The number of hydrogen-bond acceptors (Lipinski definition) is 3. The third kappa shape index (κ3) is 6.31. The highest BCUT2D eigenvalue weighted by Gasteiger charge is 1.95. The molecule has 0 radical (unpaired) electrons. The minimum Gasteiger partial charge on any atom is -0.385 e. The van der Waals surface area contributed by atoms with Crippen molar-refractivity contribution in [1.29, 1.82) is 0 Å². The molecule has 8 heavy (non-hydrogen) atoms. The van der Waals surface area contributed by atoms with E-state index in [2.05, 4.69) is 4.74 Å². The average Bonchev–Trinajstić information content (AvgIpc) is 1.66. The molecule has 0 bridgehead atoms. The average molecular weight is 138 g/mol. The second-order valence-corrected chi connectivity index (χ2v) is 2.63. The molecule has 0 spiro atoms. The fourth-order valence-corrected chi connectivity index (χ4v) is 0.762. The summed E-state index contributed by atoms with van der Waals surface area (Å²) in [7, 11) is -0.0978. The van der Waals surface area contributed by atoms with Crippen LogP contribution < -0.4 is 0 Å². The first-order valence-electron chi connectivity index (χ1n) is 2.41. The minimum absolute atomic E-state index is 0.461. The Balaban J connectivity index is 2.72. The van der Waals surface area contributed by atoms with E-state index in [0.717, 1.165) is 6.42 Å². The van der Waals surface area contributed by atoms with Crippen molar-refractivity contribution in [3.05, 3.63) is 0 Å². The largest absolute Gasteiger partial charge is 0.385 e. The van der Waals surface area contributed by atoms with Gasteiger partial charge in [0.2, 0.25) is 0 Å². The van der Waals surface area contributed by atoms with E-state index in [9.17, 15) is 0 Å².